The number of sulfonamides is 1. The molecule has 0 unspecified atom stereocenters. The van der Waals surface area contributed by atoms with Crippen LogP contribution in [0.4, 0.5) is 11.6 Å². The second kappa shape index (κ2) is 5.26. The first-order valence-corrected chi connectivity index (χ1v) is 7.93. The SMILES string of the molecule is CN(C)c1cccc2c(S(=O)(=O)Nc3nn[nH]n3)cccc12. The van der Waals surface area contributed by atoms with Crippen molar-refractivity contribution in [3.63, 3.8) is 0 Å². The third-order valence-electron chi connectivity index (χ3n) is 3.20. The van der Waals surface area contributed by atoms with E-state index in [0.717, 1.165) is 11.1 Å². The summed E-state index contributed by atoms with van der Waals surface area (Å²) >= 11 is 0. The van der Waals surface area contributed by atoms with Crippen LogP contribution in [0.1, 0.15) is 0 Å². The lowest BCUT2D eigenvalue weighted by molar-refractivity contribution is 0.601. The van der Waals surface area contributed by atoms with Crippen molar-refractivity contribution < 1.29 is 8.42 Å². The first-order valence-electron chi connectivity index (χ1n) is 6.44. The van der Waals surface area contributed by atoms with Gasteiger partial charge >= 0.3 is 0 Å². The molecule has 0 atom stereocenters. The summed E-state index contributed by atoms with van der Waals surface area (Å²) in [6.45, 7) is 0. The Bertz CT molecular complexity index is 905. The van der Waals surface area contributed by atoms with E-state index in [1.54, 1.807) is 18.2 Å². The summed E-state index contributed by atoms with van der Waals surface area (Å²) in [6.07, 6.45) is 0. The Kier molecular flexibility index (Phi) is 3.41. The topological polar surface area (TPSA) is 104 Å². The monoisotopic (exact) mass is 318 g/mol. The number of aromatic amines is 1. The van der Waals surface area contributed by atoms with E-state index in [1.165, 1.54) is 0 Å². The number of tetrazole rings is 1. The van der Waals surface area contributed by atoms with Crippen LogP contribution >= 0.6 is 0 Å². The zero-order valence-electron chi connectivity index (χ0n) is 12.0. The zero-order valence-corrected chi connectivity index (χ0v) is 12.8. The number of rotatable bonds is 4. The van der Waals surface area contributed by atoms with Crippen LogP contribution in [0.15, 0.2) is 41.3 Å². The number of benzene rings is 2. The van der Waals surface area contributed by atoms with Crippen molar-refractivity contribution in [3.05, 3.63) is 36.4 Å². The van der Waals surface area contributed by atoms with Crippen LogP contribution in [-0.4, -0.2) is 43.1 Å². The summed E-state index contributed by atoms with van der Waals surface area (Å²) in [7, 11) is 0.0146. The molecule has 0 bridgehead atoms. The van der Waals surface area contributed by atoms with Gasteiger partial charge < -0.3 is 4.90 Å². The maximum Gasteiger partial charge on any atom is 0.276 e. The van der Waals surface area contributed by atoms with Crippen molar-refractivity contribution in [2.24, 2.45) is 0 Å². The number of nitrogens with zero attached hydrogens (tertiary/aromatic N) is 4. The standard InChI is InChI=1S/C13H14N6O2S/c1-19(2)11-7-3-6-10-9(11)5-4-8-12(10)22(20,21)16-13-14-17-18-15-13/h3-8H,1-2H3,(H2,14,15,16,17,18). The lowest BCUT2D eigenvalue weighted by atomic mass is 10.1. The van der Waals surface area contributed by atoms with Crippen molar-refractivity contribution in [2.75, 3.05) is 23.7 Å². The molecule has 9 heteroatoms. The van der Waals surface area contributed by atoms with Crippen molar-refractivity contribution in [3.8, 4) is 0 Å². The lowest BCUT2D eigenvalue weighted by Crippen LogP contribution is -2.15. The van der Waals surface area contributed by atoms with Crippen LogP contribution in [0.5, 0.6) is 0 Å². The molecule has 0 aliphatic rings. The molecule has 0 aliphatic carbocycles. The Morgan fingerprint density at radius 2 is 1.82 bits per heavy atom. The van der Waals surface area contributed by atoms with E-state index in [-0.39, 0.29) is 10.8 Å². The van der Waals surface area contributed by atoms with Crippen molar-refractivity contribution in [1.82, 2.24) is 20.6 Å². The van der Waals surface area contributed by atoms with Crippen LogP contribution in [0.2, 0.25) is 0 Å². The summed E-state index contributed by atoms with van der Waals surface area (Å²) in [4.78, 5) is 2.10. The van der Waals surface area contributed by atoms with E-state index >= 15 is 0 Å². The number of hydrogen-bond donors (Lipinski definition) is 2. The minimum absolute atomic E-state index is 0.0965. The van der Waals surface area contributed by atoms with Gasteiger partial charge in [-0.05, 0) is 17.3 Å². The molecule has 0 spiro atoms. The van der Waals surface area contributed by atoms with Crippen LogP contribution in [0.3, 0.4) is 0 Å². The Hall–Kier alpha value is -2.68. The molecule has 0 fully saturated rings. The van der Waals surface area contributed by atoms with Crippen molar-refractivity contribution in [1.29, 1.82) is 0 Å². The van der Waals surface area contributed by atoms with E-state index in [9.17, 15) is 8.42 Å². The summed E-state index contributed by atoms with van der Waals surface area (Å²) in [5, 5.41) is 14.2. The van der Waals surface area contributed by atoms with Gasteiger partial charge in [-0.15, -0.1) is 5.10 Å². The third-order valence-corrected chi connectivity index (χ3v) is 4.59. The lowest BCUT2D eigenvalue weighted by Gasteiger charge is -2.16. The van der Waals surface area contributed by atoms with E-state index in [4.69, 9.17) is 0 Å². The Balaban J connectivity index is 2.17. The molecule has 0 saturated carbocycles. The average Bonchev–Trinajstić information content (AvgIpc) is 2.98. The molecule has 22 heavy (non-hydrogen) atoms. The third kappa shape index (κ3) is 2.46. The highest BCUT2D eigenvalue weighted by molar-refractivity contribution is 7.93. The fraction of sp³-hybridized carbons (Fsp3) is 0.154. The number of fused-ring (bicyclic) bond motifs is 1. The number of nitrogens with one attached hydrogen (secondary N) is 2. The van der Waals surface area contributed by atoms with Gasteiger partial charge in [-0.3, -0.25) is 0 Å². The number of hydrogen-bond acceptors (Lipinski definition) is 6. The molecule has 2 N–H and O–H groups in total. The van der Waals surface area contributed by atoms with Gasteiger partial charge in [0.05, 0.1) is 4.90 Å². The fourth-order valence-electron chi connectivity index (χ4n) is 2.27. The predicted molar refractivity (Wildman–Crippen MR) is 83.3 cm³/mol. The molecular formula is C13H14N6O2S. The van der Waals surface area contributed by atoms with Crippen LogP contribution in [0.25, 0.3) is 10.8 Å². The van der Waals surface area contributed by atoms with Crippen LogP contribution in [0, 0.1) is 0 Å². The molecule has 1 aromatic heterocycles. The Labute approximate surface area is 127 Å². The second-order valence-electron chi connectivity index (χ2n) is 4.86. The highest BCUT2D eigenvalue weighted by atomic mass is 32.2. The quantitative estimate of drug-likeness (QED) is 0.749. The Morgan fingerprint density at radius 3 is 2.50 bits per heavy atom. The minimum Gasteiger partial charge on any atom is -0.377 e. The molecule has 3 rings (SSSR count). The zero-order chi connectivity index (χ0) is 15.7. The van der Waals surface area contributed by atoms with Crippen LogP contribution in [-0.2, 0) is 10.0 Å². The van der Waals surface area contributed by atoms with Crippen LogP contribution < -0.4 is 9.62 Å². The molecule has 1 heterocycles. The van der Waals surface area contributed by atoms with Gasteiger partial charge in [0.2, 0.25) is 0 Å². The normalized spacial score (nSPS) is 11.5. The molecule has 2 aromatic carbocycles. The second-order valence-corrected chi connectivity index (χ2v) is 6.51. The maximum absolute atomic E-state index is 12.5. The van der Waals surface area contributed by atoms with Gasteiger partial charge in [0, 0.05) is 30.6 Å². The van der Waals surface area contributed by atoms with Crippen molar-refractivity contribution >= 4 is 32.4 Å². The summed E-state index contributed by atoms with van der Waals surface area (Å²) in [6, 6.07) is 10.7. The largest absolute Gasteiger partial charge is 0.377 e. The molecule has 3 aromatic rings. The van der Waals surface area contributed by atoms with Gasteiger partial charge in [0.15, 0.2) is 0 Å². The fourth-order valence-corrected chi connectivity index (χ4v) is 3.43. The van der Waals surface area contributed by atoms with E-state index in [0.29, 0.717) is 5.39 Å². The Morgan fingerprint density at radius 1 is 1.09 bits per heavy atom. The highest BCUT2D eigenvalue weighted by Crippen LogP contribution is 2.30. The maximum atomic E-state index is 12.5. The molecule has 0 aliphatic heterocycles. The molecule has 0 saturated heterocycles. The van der Waals surface area contributed by atoms with E-state index in [2.05, 4.69) is 25.3 Å². The minimum atomic E-state index is -3.81. The molecule has 114 valence electrons. The number of H-pyrrole nitrogens is 1. The van der Waals surface area contributed by atoms with E-state index < -0.39 is 10.0 Å². The van der Waals surface area contributed by atoms with Gasteiger partial charge in [-0.2, -0.15) is 5.21 Å². The average molecular weight is 318 g/mol. The van der Waals surface area contributed by atoms with Gasteiger partial charge in [0.25, 0.3) is 16.0 Å². The van der Waals surface area contributed by atoms with Gasteiger partial charge in [-0.1, -0.05) is 29.4 Å². The summed E-state index contributed by atoms with van der Waals surface area (Å²) in [5.41, 5.74) is 0.939. The smallest absolute Gasteiger partial charge is 0.276 e. The molecule has 0 radical (unpaired) electrons. The molecular weight excluding hydrogens is 304 g/mol. The van der Waals surface area contributed by atoms with Gasteiger partial charge in [0.1, 0.15) is 0 Å². The number of aromatic nitrogens is 4. The predicted octanol–water partition coefficient (Wildman–Crippen LogP) is 1.22. The number of anilines is 2. The molecule has 8 nitrogen and oxygen atoms in total. The first-order chi connectivity index (χ1) is 10.5. The highest BCUT2D eigenvalue weighted by Gasteiger charge is 2.20. The van der Waals surface area contributed by atoms with E-state index in [1.807, 2.05) is 37.2 Å². The van der Waals surface area contributed by atoms with Gasteiger partial charge in [-0.25, -0.2) is 13.1 Å². The summed E-state index contributed by atoms with van der Waals surface area (Å²) < 4.78 is 27.4. The van der Waals surface area contributed by atoms with Crippen molar-refractivity contribution in [2.45, 2.75) is 4.90 Å². The summed E-state index contributed by atoms with van der Waals surface area (Å²) in [5.74, 6) is -0.0965. The first kappa shape index (κ1) is 14.3. The molecule has 0 amide bonds.